The fourth-order valence-electron chi connectivity index (χ4n) is 4.62. The van der Waals surface area contributed by atoms with Crippen molar-refractivity contribution in [2.75, 3.05) is 20.2 Å². The molecule has 0 unspecified atom stereocenters. The molecule has 1 saturated heterocycles. The minimum atomic E-state index is -3.70. The van der Waals surface area contributed by atoms with Crippen molar-refractivity contribution in [3.63, 3.8) is 0 Å². The molecule has 4 rings (SSSR count). The largest absolute Gasteiger partial charge is 0.440 e. The van der Waals surface area contributed by atoms with E-state index < -0.39 is 10.0 Å². The van der Waals surface area contributed by atoms with Gasteiger partial charge in [-0.25, -0.2) is 8.42 Å². The molecule has 1 aliphatic heterocycles. The van der Waals surface area contributed by atoms with Crippen molar-refractivity contribution in [2.45, 2.75) is 57.1 Å². The Morgan fingerprint density at radius 1 is 1.26 bits per heavy atom. The summed E-state index contributed by atoms with van der Waals surface area (Å²) in [4.78, 5) is 0. The molecule has 0 aromatic carbocycles. The molecule has 1 aliphatic carbocycles. The molecule has 0 radical (unpaired) electrons. The summed E-state index contributed by atoms with van der Waals surface area (Å²) in [5.41, 5.74) is 1.53. The van der Waals surface area contributed by atoms with Crippen LogP contribution in [0.15, 0.2) is 26.2 Å². The van der Waals surface area contributed by atoms with Crippen molar-refractivity contribution in [1.29, 1.82) is 0 Å². The van der Waals surface area contributed by atoms with Crippen LogP contribution < -0.4 is 0 Å². The smallest absolute Gasteiger partial charge is 0.276 e. The van der Waals surface area contributed by atoms with Gasteiger partial charge in [-0.2, -0.15) is 4.31 Å². The number of piperidine rings is 1. The Balaban J connectivity index is 1.61. The topological polar surface area (TPSA) is 85.8 Å². The molecule has 2 atom stereocenters. The van der Waals surface area contributed by atoms with Crippen LogP contribution in [-0.2, 0) is 14.8 Å². The van der Waals surface area contributed by atoms with E-state index in [0.717, 1.165) is 43.4 Å². The Morgan fingerprint density at radius 2 is 2.04 bits per heavy atom. The summed E-state index contributed by atoms with van der Waals surface area (Å²) < 4.78 is 44.6. The van der Waals surface area contributed by atoms with E-state index in [4.69, 9.17) is 13.7 Å². The van der Waals surface area contributed by atoms with Gasteiger partial charge in [0, 0.05) is 31.2 Å². The second-order valence-corrected chi connectivity index (χ2v) is 9.63. The number of methoxy groups -OCH3 is 1. The summed E-state index contributed by atoms with van der Waals surface area (Å²) in [5.74, 6) is 0.855. The van der Waals surface area contributed by atoms with Gasteiger partial charge in [0.05, 0.1) is 11.8 Å². The molecule has 8 heteroatoms. The number of aromatic nitrogens is 1. The maximum Gasteiger partial charge on any atom is 0.276 e. The van der Waals surface area contributed by atoms with Crippen molar-refractivity contribution in [2.24, 2.45) is 5.41 Å². The average molecular weight is 394 g/mol. The maximum absolute atomic E-state index is 13.2. The highest BCUT2D eigenvalue weighted by molar-refractivity contribution is 7.89. The number of ether oxygens (including phenoxy) is 1. The molecule has 2 aromatic rings. The first-order valence-corrected chi connectivity index (χ1v) is 10.9. The van der Waals surface area contributed by atoms with Crippen LogP contribution in [0.1, 0.15) is 43.4 Å². The molecule has 2 fully saturated rings. The molecule has 3 heterocycles. The fourth-order valence-corrected chi connectivity index (χ4v) is 6.10. The van der Waals surface area contributed by atoms with Gasteiger partial charge in [0.2, 0.25) is 10.9 Å². The third kappa shape index (κ3) is 3.03. The number of hydrogen-bond donors (Lipinski definition) is 0. The zero-order valence-corrected chi connectivity index (χ0v) is 16.8. The van der Waals surface area contributed by atoms with Gasteiger partial charge in [0.25, 0.3) is 10.0 Å². The number of nitrogens with zero attached hydrogens (tertiary/aromatic N) is 2. The first kappa shape index (κ1) is 18.7. The van der Waals surface area contributed by atoms with E-state index in [9.17, 15) is 8.42 Å². The summed E-state index contributed by atoms with van der Waals surface area (Å²) in [6, 6.07) is 3.14. The molecule has 0 amide bonds. The van der Waals surface area contributed by atoms with Crippen LogP contribution in [0, 0.1) is 19.3 Å². The molecule has 2 aromatic heterocycles. The Labute approximate surface area is 159 Å². The van der Waals surface area contributed by atoms with Crippen LogP contribution in [0.5, 0.6) is 0 Å². The summed E-state index contributed by atoms with van der Waals surface area (Å²) in [7, 11) is -1.97. The molecule has 1 saturated carbocycles. The van der Waals surface area contributed by atoms with Crippen molar-refractivity contribution < 1.29 is 22.1 Å². The van der Waals surface area contributed by atoms with Crippen LogP contribution in [0.4, 0.5) is 0 Å². The first-order valence-electron chi connectivity index (χ1n) is 9.43. The van der Waals surface area contributed by atoms with Crippen LogP contribution in [0.3, 0.4) is 0 Å². The van der Waals surface area contributed by atoms with Crippen molar-refractivity contribution >= 4 is 10.0 Å². The lowest BCUT2D eigenvalue weighted by atomic mass is 9.77. The van der Waals surface area contributed by atoms with Gasteiger partial charge in [-0.15, -0.1) is 0 Å². The molecular formula is C19H26N2O5S. The molecule has 148 valence electrons. The number of furan rings is 1. The second kappa shape index (κ2) is 6.76. The second-order valence-electron chi connectivity index (χ2n) is 7.76. The summed E-state index contributed by atoms with van der Waals surface area (Å²) in [6.07, 6.45) is 5.07. The predicted octanol–water partition coefficient (Wildman–Crippen LogP) is 3.52. The van der Waals surface area contributed by atoms with E-state index in [1.165, 1.54) is 6.07 Å². The van der Waals surface area contributed by atoms with Crippen LogP contribution in [-0.4, -0.2) is 44.2 Å². The minimum Gasteiger partial charge on any atom is -0.440 e. The Hall–Kier alpha value is -1.64. The minimum absolute atomic E-state index is 0.0463. The molecule has 7 nitrogen and oxygen atoms in total. The van der Waals surface area contributed by atoms with Crippen LogP contribution in [0.2, 0.25) is 0 Å². The van der Waals surface area contributed by atoms with E-state index in [0.29, 0.717) is 24.6 Å². The van der Waals surface area contributed by atoms with Crippen LogP contribution >= 0.6 is 0 Å². The van der Waals surface area contributed by atoms with Gasteiger partial charge in [-0.3, -0.25) is 0 Å². The molecule has 0 bridgehead atoms. The average Bonchev–Trinajstić information content (AvgIpc) is 3.36. The van der Waals surface area contributed by atoms with E-state index in [1.807, 2.05) is 13.8 Å². The van der Waals surface area contributed by atoms with Crippen molar-refractivity contribution in [3.05, 3.63) is 23.4 Å². The highest BCUT2D eigenvalue weighted by Crippen LogP contribution is 2.47. The van der Waals surface area contributed by atoms with Crippen LogP contribution in [0.25, 0.3) is 11.5 Å². The zero-order valence-electron chi connectivity index (χ0n) is 16.0. The molecule has 2 aliphatic rings. The third-order valence-electron chi connectivity index (χ3n) is 6.24. The van der Waals surface area contributed by atoms with Gasteiger partial charge < -0.3 is 13.7 Å². The summed E-state index contributed by atoms with van der Waals surface area (Å²) in [6.45, 7) is 4.71. The number of aryl methyl sites for hydroxylation is 1. The summed E-state index contributed by atoms with van der Waals surface area (Å²) >= 11 is 0. The Bertz CT molecular complexity index is 932. The van der Waals surface area contributed by atoms with Crippen molar-refractivity contribution in [3.8, 4) is 11.5 Å². The monoisotopic (exact) mass is 394 g/mol. The van der Waals surface area contributed by atoms with Gasteiger partial charge in [0.1, 0.15) is 0 Å². The van der Waals surface area contributed by atoms with Gasteiger partial charge in [-0.1, -0.05) is 11.6 Å². The zero-order chi connectivity index (χ0) is 19.2. The third-order valence-corrected chi connectivity index (χ3v) is 7.96. The maximum atomic E-state index is 13.2. The lowest BCUT2D eigenvalue weighted by molar-refractivity contribution is -0.0186. The normalized spacial score (nSPS) is 26.9. The van der Waals surface area contributed by atoms with E-state index in [1.54, 1.807) is 17.5 Å². The Morgan fingerprint density at radius 3 is 2.74 bits per heavy atom. The fraction of sp³-hybridized carbons (Fsp3) is 0.632. The SMILES string of the molecule is CO[C@@H]1CCC[C@]12CCCN(S(=O)(=O)c1ccc(-c3onc(C)c3C)o1)C2. The van der Waals surface area contributed by atoms with E-state index in [-0.39, 0.29) is 16.6 Å². The highest BCUT2D eigenvalue weighted by atomic mass is 32.2. The first-order chi connectivity index (χ1) is 12.9. The van der Waals surface area contributed by atoms with E-state index in [2.05, 4.69) is 5.16 Å². The molecular weight excluding hydrogens is 368 g/mol. The molecule has 0 N–H and O–H groups in total. The lowest BCUT2D eigenvalue weighted by Crippen LogP contribution is -2.49. The van der Waals surface area contributed by atoms with Crippen molar-refractivity contribution in [1.82, 2.24) is 9.46 Å². The predicted molar refractivity (Wildman–Crippen MR) is 98.8 cm³/mol. The summed E-state index contributed by atoms with van der Waals surface area (Å²) in [5, 5.41) is 3.86. The number of rotatable bonds is 4. The lowest BCUT2D eigenvalue weighted by Gasteiger charge is -2.42. The quantitative estimate of drug-likeness (QED) is 0.789. The van der Waals surface area contributed by atoms with Gasteiger partial charge >= 0.3 is 0 Å². The molecule has 1 spiro atoms. The standard InChI is InChI=1S/C19H26N2O5S/c1-13-14(2)20-26-18(13)15-7-8-17(25-15)27(22,23)21-11-5-10-19(12-21)9-4-6-16(19)24-3/h7-8,16H,4-6,9-12H2,1-3H3/t16-,19-/m1/s1. The number of hydrogen-bond acceptors (Lipinski definition) is 6. The molecule has 27 heavy (non-hydrogen) atoms. The number of sulfonamides is 1. The Kier molecular flexibility index (Phi) is 4.68. The highest BCUT2D eigenvalue weighted by Gasteiger charge is 2.48. The van der Waals surface area contributed by atoms with Gasteiger partial charge in [0.15, 0.2) is 5.76 Å². The van der Waals surface area contributed by atoms with Gasteiger partial charge in [-0.05, 0) is 51.7 Å². The van der Waals surface area contributed by atoms with E-state index >= 15 is 0 Å².